The van der Waals surface area contributed by atoms with Gasteiger partial charge in [-0.1, -0.05) is 48.2 Å². The molecule has 10 rings (SSSR count). The van der Waals surface area contributed by atoms with Crippen molar-refractivity contribution in [1.29, 1.82) is 0 Å². The zero-order chi connectivity index (χ0) is 47.9. The Hall–Kier alpha value is -4.50. The van der Waals surface area contributed by atoms with Gasteiger partial charge in [0.25, 0.3) is 17.7 Å². The van der Waals surface area contributed by atoms with Gasteiger partial charge in [0.15, 0.2) is 0 Å². The van der Waals surface area contributed by atoms with Gasteiger partial charge in [-0.2, -0.15) is 4.40 Å². The Morgan fingerprint density at radius 2 is 1.48 bits per heavy atom. The number of halogens is 3. The summed E-state index contributed by atoms with van der Waals surface area (Å²) in [4.78, 5) is 64.1. The summed E-state index contributed by atoms with van der Waals surface area (Å²) in [5.74, 6) is -1.87. The molecule has 2 bridgehead atoms. The maximum Gasteiger partial charge on any atom is 0.407 e. The van der Waals surface area contributed by atoms with Gasteiger partial charge < -0.3 is 91.7 Å². The first kappa shape index (κ1) is 55.8. The minimum absolute atomic E-state index is 0. The molecule has 4 fully saturated rings. The Kier molecular flexibility index (Phi) is 18.2. The molecule has 2 amide bonds. The number of nitro groups is 2. The van der Waals surface area contributed by atoms with Gasteiger partial charge in [-0.3, -0.25) is 25.0 Å². The lowest BCUT2D eigenvalue weighted by Gasteiger charge is -2.55. The number of nitrogens with one attached hydrogen (secondary N) is 1. The van der Waals surface area contributed by atoms with Gasteiger partial charge in [-0.25, -0.2) is 14.2 Å². The van der Waals surface area contributed by atoms with Gasteiger partial charge in [-0.05, 0) is 60.2 Å². The number of fused-ring (bicyclic) bond motifs is 5. The van der Waals surface area contributed by atoms with Gasteiger partial charge >= 0.3 is 12.1 Å². The first-order valence-corrected chi connectivity index (χ1v) is 24.9. The number of thioether (sulfide) groups is 1. The Balaban J connectivity index is 0.00000275. The number of benzene rings is 3. The molecular formula is C48H55Br2IN8O10S2. The van der Waals surface area contributed by atoms with Gasteiger partial charge in [0.2, 0.25) is 15.8 Å². The first-order valence-electron chi connectivity index (χ1n) is 22.8. The SMILES string of the molecule is CSc1c2sc(C3=C(C(=O)OCc4ccc([N+](=O)[O-])cc4)N4C(=O)[C@H]([C@@H](C)O)[C@H]4[C@H]3C)cn2c[n+]1Cc1cccc(C[N+]23CC[N+](CCCNC(=O)OCc4ccc([N+](=O)[O-])cc4)(CC2)CC3)c1.[Br-].[Br-].[I-]. The fraction of sp³-hybridized carbons (Fsp3) is 0.417. The number of aliphatic hydroxyl groups is 1. The van der Waals surface area contributed by atoms with Crippen LogP contribution in [-0.2, 0) is 45.4 Å². The number of nitro benzene ring substituents is 2. The number of thiazole rings is 1. The number of alkyl carbamates (subject to hydrolysis) is 1. The highest BCUT2D eigenvalue weighted by Crippen LogP contribution is 2.52. The van der Waals surface area contributed by atoms with E-state index >= 15 is 0 Å². The number of quaternary nitrogens is 2. The Labute approximate surface area is 457 Å². The molecule has 4 saturated heterocycles. The van der Waals surface area contributed by atoms with Crippen LogP contribution in [0.15, 0.2) is 96.0 Å². The van der Waals surface area contributed by atoms with Crippen LogP contribution in [0.5, 0.6) is 0 Å². The standard InChI is InChI=1S/C48H54N8O10S2.2BrH.HI/c1-31-40(43(52-42(31)41(32(2)57)44(52)58)47(59)65-28-33-8-12-37(13-9-33)53(61)62)39-26-51-30-50(45(67-3)46(51)68-39)25-35-6-4-7-36(24-35)27-56-21-18-55(19-22-56,20-23-56)17-5-16-49-48(60)66-29-34-10-14-38(15-11-34)54(63)64;;;/h4,6-15,24,26,30-32,41-42,57H,5,16-23,25,27-29H2,1-3H3;3*1H/q+2;;;/p-2/t31-,32+,41+,42+,55?,56?;;;/m0.../s1. The summed E-state index contributed by atoms with van der Waals surface area (Å²) >= 11 is 3.20. The van der Waals surface area contributed by atoms with E-state index in [0.717, 1.165) is 82.5 Å². The number of carbonyl (C=O) groups is 3. The van der Waals surface area contributed by atoms with Crippen molar-refractivity contribution in [1.82, 2.24) is 14.6 Å². The number of ether oxygens (including phenoxy) is 2. The van der Waals surface area contributed by atoms with E-state index in [1.54, 1.807) is 42.2 Å². The van der Waals surface area contributed by atoms with Crippen molar-refractivity contribution in [3.8, 4) is 0 Å². The minimum atomic E-state index is -0.886. The first-order chi connectivity index (χ1) is 32.7. The summed E-state index contributed by atoms with van der Waals surface area (Å²) in [6.45, 7) is 13.3. The second kappa shape index (κ2) is 23.1. The molecule has 7 heterocycles. The smallest absolute Gasteiger partial charge is 0.407 e. The highest BCUT2D eigenvalue weighted by molar-refractivity contribution is 7.98. The van der Waals surface area contributed by atoms with E-state index in [1.807, 2.05) is 13.1 Å². The molecule has 71 heavy (non-hydrogen) atoms. The summed E-state index contributed by atoms with van der Waals surface area (Å²) in [7, 11) is 0. The molecule has 0 saturated carbocycles. The van der Waals surface area contributed by atoms with Crippen LogP contribution in [0.1, 0.15) is 47.4 Å². The quantitative estimate of drug-likeness (QED) is 0.0103. The number of carbonyl (C=O) groups excluding carboxylic acids is 3. The number of hydrogen-bond donors (Lipinski definition) is 2. The van der Waals surface area contributed by atoms with E-state index in [4.69, 9.17) is 9.47 Å². The van der Waals surface area contributed by atoms with E-state index in [1.165, 1.54) is 52.4 Å². The molecule has 2 aromatic heterocycles. The third kappa shape index (κ3) is 11.5. The van der Waals surface area contributed by atoms with Gasteiger partial charge in [0.1, 0.15) is 77.5 Å². The van der Waals surface area contributed by atoms with Crippen LogP contribution < -0.4 is 67.8 Å². The van der Waals surface area contributed by atoms with Gasteiger partial charge in [0, 0.05) is 54.3 Å². The Morgan fingerprint density at radius 3 is 2.06 bits per heavy atom. The van der Waals surface area contributed by atoms with Crippen molar-refractivity contribution in [2.75, 3.05) is 58.6 Å². The summed E-state index contributed by atoms with van der Waals surface area (Å²) in [5, 5.41) is 36.5. The van der Waals surface area contributed by atoms with Crippen molar-refractivity contribution < 1.29 is 110 Å². The number of non-ortho nitro benzene ring substituents is 2. The molecule has 0 spiro atoms. The Bertz CT molecular complexity index is 2800. The average molecular weight is 1250 g/mol. The molecule has 4 atom stereocenters. The zero-order valence-corrected chi connectivity index (χ0v) is 46.2. The van der Waals surface area contributed by atoms with Crippen LogP contribution in [0.3, 0.4) is 0 Å². The van der Waals surface area contributed by atoms with E-state index in [2.05, 4.69) is 51.1 Å². The number of β-lactam (4-membered cyclic amide) rings is 1. The fourth-order valence-corrected chi connectivity index (χ4v) is 12.8. The van der Waals surface area contributed by atoms with E-state index in [9.17, 15) is 39.7 Å². The van der Waals surface area contributed by atoms with Crippen LogP contribution in [0.4, 0.5) is 16.2 Å². The van der Waals surface area contributed by atoms with Crippen LogP contribution in [0, 0.1) is 32.1 Å². The molecule has 5 aliphatic rings. The third-order valence-corrected chi connectivity index (χ3v) is 16.4. The number of rotatable bonds is 18. The van der Waals surface area contributed by atoms with Crippen LogP contribution in [0.2, 0.25) is 0 Å². The number of nitrogens with zero attached hydrogens (tertiary/aromatic N) is 7. The van der Waals surface area contributed by atoms with Crippen LogP contribution in [0.25, 0.3) is 10.4 Å². The normalized spacial score (nSPS) is 22.3. The molecule has 0 unspecified atom stereocenters. The van der Waals surface area contributed by atoms with Crippen molar-refractivity contribution in [3.63, 3.8) is 0 Å². The minimum Gasteiger partial charge on any atom is -1.00 e. The summed E-state index contributed by atoms with van der Waals surface area (Å²) in [6, 6.07) is 20.3. The van der Waals surface area contributed by atoms with E-state index in [0.29, 0.717) is 29.8 Å². The molecule has 5 aromatic rings. The molecule has 23 heteroatoms. The lowest BCUT2D eigenvalue weighted by molar-refractivity contribution is -1.09. The monoisotopic (exact) mass is 1250 g/mol. The summed E-state index contributed by atoms with van der Waals surface area (Å²) in [6.07, 6.45) is 5.62. The maximum absolute atomic E-state index is 13.9. The van der Waals surface area contributed by atoms with Crippen molar-refractivity contribution >= 4 is 62.8 Å². The summed E-state index contributed by atoms with van der Waals surface area (Å²) in [5.41, 5.74) is 4.59. The largest absolute Gasteiger partial charge is 1.00 e. The molecular weight excluding hydrogens is 1200 g/mol. The molecule has 0 radical (unpaired) electrons. The number of hydrogen-bond acceptors (Lipinski definition) is 12. The highest BCUT2D eigenvalue weighted by Gasteiger charge is 2.60. The molecule has 0 aliphatic carbocycles. The van der Waals surface area contributed by atoms with Crippen molar-refractivity contribution in [3.05, 3.63) is 138 Å². The maximum atomic E-state index is 13.9. The molecule has 2 N–H and O–H groups in total. The number of aromatic nitrogens is 2. The summed E-state index contributed by atoms with van der Waals surface area (Å²) < 4.78 is 17.6. The van der Waals surface area contributed by atoms with Crippen molar-refractivity contribution in [2.45, 2.75) is 63.7 Å². The fourth-order valence-electron chi connectivity index (χ4n) is 10.6. The zero-order valence-electron chi connectivity index (χ0n) is 39.3. The van der Waals surface area contributed by atoms with Crippen LogP contribution >= 0.6 is 23.1 Å². The molecule has 3 aromatic carbocycles. The highest BCUT2D eigenvalue weighted by atomic mass is 127. The second-order valence-corrected chi connectivity index (χ2v) is 20.4. The van der Waals surface area contributed by atoms with Gasteiger partial charge in [-0.15, -0.1) is 0 Å². The van der Waals surface area contributed by atoms with E-state index < -0.39 is 40.0 Å². The Morgan fingerprint density at radius 1 is 0.901 bits per heavy atom. The number of aliphatic hydroxyl groups excluding tert-OH is 1. The number of imidazole rings is 1. The number of piperazine rings is 3. The lowest BCUT2D eigenvalue weighted by Crippen LogP contribution is -3.00. The number of esters is 1. The molecule has 5 aliphatic heterocycles. The number of amides is 2. The lowest BCUT2D eigenvalue weighted by atomic mass is 9.77. The third-order valence-electron chi connectivity index (χ3n) is 14.4. The van der Waals surface area contributed by atoms with Gasteiger partial charge in [0.05, 0.1) is 39.3 Å². The molecule has 18 nitrogen and oxygen atoms in total. The topological polar surface area (TPSA) is 200 Å². The van der Waals surface area contributed by atoms with Crippen molar-refractivity contribution in [2.24, 2.45) is 11.8 Å². The predicted octanol–water partition coefficient (Wildman–Crippen LogP) is -3.32. The molecule has 380 valence electrons. The average Bonchev–Trinajstić information content (AvgIpc) is 3.96. The van der Waals surface area contributed by atoms with Crippen LogP contribution in [-0.4, -0.2) is 122 Å². The predicted molar refractivity (Wildman–Crippen MR) is 252 cm³/mol. The second-order valence-electron chi connectivity index (χ2n) is 18.6. The van der Waals surface area contributed by atoms with E-state index in [-0.39, 0.29) is 100 Å².